The Morgan fingerprint density at radius 1 is 1.14 bits per heavy atom. The van der Waals surface area contributed by atoms with Crippen molar-refractivity contribution in [3.8, 4) is 11.5 Å². The number of hydrogen-bond acceptors (Lipinski definition) is 2. The minimum Gasteiger partial charge on any atom is -0.455 e. The maximum absolute atomic E-state index is 6.28. The van der Waals surface area contributed by atoms with Gasteiger partial charge in [-0.1, -0.05) is 35.3 Å². The van der Waals surface area contributed by atoms with E-state index < -0.39 is 0 Å². The number of nitrogens with two attached hydrogens (primary N) is 1. The predicted molar refractivity (Wildman–Crippen MR) is 89.8 cm³/mol. The number of rotatable bonds is 4. The molecule has 0 bridgehead atoms. The van der Waals surface area contributed by atoms with E-state index in [0.29, 0.717) is 17.2 Å². The molecule has 2 N–H and O–H groups in total. The van der Waals surface area contributed by atoms with E-state index >= 15 is 0 Å². The van der Waals surface area contributed by atoms with Crippen molar-refractivity contribution in [1.29, 1.82) is 0 Å². The normalized spacial score (nSPS) is 12.3. The number of halogens is 2. The molecule has 2 nitrogen and oxygen atoms in total. The van der Waals surface area contributed by atoms with Gasteiger partial charge in [-0.3, -0.25) is 0 Å². The first-order valence-corrected chi connectivity index (χ1v) is 7.61. The summed E-state index contributed by atoms with van der Waals surface area (Å²) in [5, 5.41) is 1.34. The molecule has 0 aliphatic carbocycles. The molecule has 0 amide bonds. The molecule has 4 heteroatoms. The fourth-order valence-electron chi connectivity index (χ4n) is 2.26. The second kappa shape index (κ2) is 6.69. The lowest BCUT2D eigenvalue weighted by Gasteiger charge is -2.15. The molecule has 2 aromatic carbocycles. The van der Waals surface area contributed by atoms with Crippen LogP contribution in [0.5, 0.6) is 11.5 Å². The van der Waals surface area contributed by atoms with Gasteiger partial charge in [-0.2, -0.15) is 0 Å². The van der Waals surface area contributed by atoms with Crippen molar-refractivity contribution in [3.63, 3.8) is 0 Å². The highest BCUT2D eigenvalue weighted by Crippen LogP contribution is 2.35. The standard InChI is InChI=1S/C17H19Cl2NO/c1-10-7-14(8-11(2)16(10)19)21-17-13(9-12(3)20)5-4-6-15(17)18/h4-8,12H,9,20H2,1-3H3. The van der Waals surface area contributed by atoms with Crippen LogP contribution in [0, 0.1) is 13.8 Å². The van der Waals surface area contributed by atoms with Gasteiger partial charge in [0.25, 0.3) is 0 Å². The zero-order chi connectivity index (χ0) is 15.6. The van der Waals surface area contributed by atoms with E-state index in [0.717, 1.165) is 27.5 Å². The molecule has 0 aromatic heterocycles. The maximum Gasteiger partial charge on any atom is 0.149 e. The average molecular weight is 324 g/mol. The van der Waals surface area contributed by atoms with Crippen LogP contribution in [-0.4, -0.2) is 6.04 Å². The summed E-state index contributed by atoms with van der Waals surface area (Å²) in [6, 6.07) is 9.57. The second-order valence-corrected chi connectivity index (χ2v) is 6.17. The highest BCUT2D eigenvalue weighted by atomic mass is 35.5. The lowest BCUT2D eigenvalue weighted by atomic mass is 10.1. The fourth-order valence-corrected chi connectivity index (χ4v) is 2.60. The summed E-state index contributed by atoms with van der Waals surface area (Å²) < 4.78 is 6.01. The first kappa shape index (κ1) is 16.2. The van der Waals surface area contributed by atoms with Gasteiger partial charge in [0.15, 0.2) is 0 Å². The van der Waals surface area contributed by atoms with Gasteiger partial charge in [0, 0.05) is 11.1 Å². The van der Waals surface area contributed by atoms with Crippen LogP contribution in [0.4, 0.5) is 0 Å². The lowest BCUT2D eigenvalue weighted by molar-refractivity contribution is 0.473. The topological polar surface area (TPSA) is 35.2 Å². The SMILES string of the molecule is Cc1cc(Oc2c(Cl)cccc2CC(C)N)cc(C)c1Cl. The van der Waals surface area contributed by atoms with Crippen molar-refractivity contribution in [2.75, 3.05) is 0 Å². The summed E-state index contributed by atoms with van der Waals surface area (Å²) in [6.07, 6.45) is 0.710. The molecule has 0 saturated carbocycles. The molecule has 0 saturated heterocycles. The lowest BCUT2D eigenvalue weighted by Crippen LogP contribution is -2.18. The third-order valence-corrected chi connectivity index (χ3v) is 4.11. The molecule has 112 valence electrons. The Kier molecular flexibility index (Phi) is 5.15. The molecular weight excluding hydrogens is 305 g/mol. The summed E-state index contributed by atoms with van der Waals surface area (Å²) in [5.41, 5.74) is 8.85. The minimum atomic E-state index is 0.0412. The maximum atomic E-state index is 6.28. The van der Waals surface area contributed by atoms with Gasteiger partial charge in [-0.05, 0) is 62.1 Å². The summed E-state index contributed by atoms with van der Waals surface area (Å²) in [5.74, 6) is 1.39. The predicted octanol–water partition coefficient (Wildman–Crippen LogP) is 5.29. The molecule has 0 aliphatic heterocycles. The van der Waals surface area contributed by atoms with Crippen LogP contribution < -0.4 is 10.5 Å². The first-order valence-electron chi connectivity index (χ1n) is 6.86. The number of para-hydroxylation sites is 1. The summed E-state index contributed by atoms with van der Waals surface area (Å²) in [7, 11) is 0. The molecule has 2 aromatic rings. The van der Waals surface area contributed by atoms with Crippen LogP contribution in [-0.2, 0) is 6.42 Å². The highest BCUT2D eigenvalue weighted by molar-refractivity contribution is 6.32. The fraction of sp³-hybridized carbons (Fsp3) is 0.294. The van der Waals surface area contributed by atoms with Crippen molar-refractivity contribution < 1.29 is 4.74 Å². The number of hydrogen-bond donors (Lipinski definition) is 1. The van der Waals surface area contributed by atoms with Gasteiger partial charge in [-0.15, -0.1) is 0 Å². The number of aryl methyl sites for hydroxylation is 2. The Bertz CT molecular complexity index is 630. The van der Waals surface area contributed by atoms with Crippen LogP contribution in [0.15, 0.2) is 30.3 Å². The van der Waals surface area contributed by atoms with Crippen LogP contribution in [0.25, 0.3) is 0 Å². The number of ether oxygens (including phenoxy) is 1. The molecular formula is C17H19Cl2NO. The highest BCUT2D eigenvalue weighted by Gasteiger charge is 2.12. The molecule has 1 unspecified atom stereocenters. The van der Waals surface area contributed by atoms with Gasteiger partial charge in [0.2, 0.25) is 0 Å². The molecule has 1 atom stereocenters. The summed E-state index contributed by atoms with van der Waals surface area (Å²) >= 11 is 12.5. The van der Waals surface area contributed by atoms with E-state index in [1.54, 1.807) is 0 Å². The van der Waals surface area contributed by atoms with Crippen LogP contribution in [0.1, 0.15) is 23.6 Å². The van der Waals surface area contributed by atoms with Crippen molar-refractivity contribution in [2.24, 2.45) is 5.73 Å². The van der Waals surface area contributed by atoms with Gasteiger partial charge >= 0.3 is 0 Å². The minimum absolute atomic E-state index is 0.0412. The first-order chi connectivity index (χ1) is 9.88. The molecule has 2 rings (SSSR count). The van der Waals surface area contributed by atoms with Crippen molar-refractivity contribution in [2.45, 2.75) is 33.2 Å². The molecule has 0 fully saturated rings. The summed E-state index contributed by atoms with van der Waals surface area (Å²) in [4.78, 5) is 0. The van der Waals surface area contributed by atoms with Crippen molar-refractivity contribution in [1.82, 2.24) is 0 Å². The number of benzene rings is 2. The molecule has 0 radical (unpaired) electrons. The monoisotopic (exact) mass is 323 g/mol. The Balaban J connectivity index is 2.39. The molecule has 0 aliphatic rings. The van der Waals surface area contributed by atoms with E-state index in [1.165, 1.54) is 0 Å². The van der Waals surface area contributed by atoms with Crippen LogP contribution >= 0.6 is 23.2 Å². The Morgan fingerprint density at radius 3 is 2.33 bits per heavy atom. The smallest absolute Gasteiger partial charge is 0.149 e. The van der Waals surface area contributed by atoms with E-state index in [2.05, 4.69) is 0 Å². The van der Waals surface area contributed by atoms with Crippen molar-refractivity contribution in [3.05, 3.63) is 57.1 Å². The zero-order valence-electron chi connectivity index (χ0n) is 12.4. The van der Waals surface area contributed by atoms with E-state index in [9.17, 15) is 0 Å². The Morgan fingerprint density at radius 2 is 1.76 bits per heavy atom. The Labute approximate surface area is 135 Å². The van der Waals surface area contributed by atoms with E-state index in [4.69, 9.17) is 33.7 Å². The molecule has 21 heavy (non-hydrogen) atoms. The molecule has 0 spiro atoms. The second-order valence-electron chi connectivity index (χ2n) is 5.38. The summed E-state index contributed by atoms with van der Waals surface area (Å²) in [6.45, 7) is 5.87. The van der Waals surface area contributed by atoms with E-state index in [-0.39, 0.29) is 6.04 Å². The van der Waals surface area contributed by atoms with Crippen molar-refractivity contribution >= 4 is 23.2 Å². The quantitative estimate of drug-likeness (QED) is 0.829. The van der Waals surface area contributed by atoms with Gasteiger partial charge in [0.1, 0.15) is 11.5 Å². The molecule has 0 heterocycles. The van der Waals surface area contributed by atoms with Crippen LogP contribution in [0.2, 0.25) is 10.0 Å². The Hall–Kier alpha value is -1.22. The van der Waals surface area contributed by atoms with Crippen LogP contribution in [0.3, 0.4) is 0 Å². The zero-order valence-corrected chi connectivity index (χ0v) is 13.9. The van der Waals surface area contributed by atoms with Gasteiger partial charge in [0.05, 0.1) is 5.02 Å². The third-order valence-electron chi connectivity index (χ3n) is 3.22. The van der Waals surface area contributed by atoms with Gasteiger partial charge < -0.3 is 10.5 Å². The van der Waals surface area contributed by atoms with E-state index in [1.807, 2.05) is 51.1 Å². The largest absolute Gasteiger partial charge is 0.455 e. The average Bonchev–Trinajstić information content (AvgIpc) is 2.39. The van der Waals surface area contributed by atoms with Gasteiger partial charge in [-0.25, -0.2) is 0 Å². The third kappa shape index (κ3) is 3.91.